The number of aliphatic carboxylic acids is 1. The van der Waals surface area contributed by atoms with Crippen LogP contribution < -0.4 is 5.32 Å². The van der Waals surface area contributed by atoms with Gasteiger partial charge in [-0.2, -0.15) is 13.2 Å². The highest BCUT2D eigenvalue weighted by molar-refractivity contribution is 5.81. The van der Waals surface area contributed by atoms with Crippen molar-refractivity contribution < 1.29 is 32.6 Å². The molecule has 0 aromatic carbocycles. The molecule has 0 aromatic rings. The summed E-state index contributed by atoms with van der Waals surface area (Å²) in [6.45, 7) is 1.42. The topological polar surface area (TPSA) is 75.6 Å². The van der Waals surface area contributed by atoms with Crippen molar-refractivity contribution in [3.63, 3.8) is 0 Å². The molecule has 0 saturated heterocycles. The zero-order valence-electron chi connectivity index (χ0n) is 9.87. The highest BCUT2D eigenvalue weighted by atomic mass is 19.4. The molecule has 1 amide bonds. The summed E-state index contributed by atoms with van der Waals surface area (Å²) in [5.74, 6) is -1.76. The molecular formula is C10H14F3NO4. The maximum Gasteiger partial charge on any atom is 0.408 e. The van der Waals surface area contributed by atoms with Crippen molar-refractivity contribution in [1.29, 1.82) is 0 Å². The second kappa shape index (κ2) is 4.66. The van der Waals surface area contributed by atoms with Crippen LogP contribution in [0.15, 0.2) is 0 Å². The predicted molar refractivity (Wildman–Crippen MR) is 53.9 cm³/mol. The fourth-order valence-corrected chi connectivity index (χ4v) is 1.20. The SMILES string of the molecule is CC(C)([C@H](NC(=O)OC1CC1)C(=O)O)C(F)(F)F. The largest absolute Gasteiger partial charge is 0.480 e. The van der Waals surface area contributed by atoms with Gasteiger partial charge in [0.1, 0.15) is 12.1 Å². The number of nitrogens with one attached hydrogen (secondary N) is 1. The molecule has 1 aliphatic rings. The first-order valence-electron chi connectivity index (χ1n) is 5.32. The molecule has 0 bridgehead atoms. The van der Waals surface area contributed by atoms with Crippen molar-refractivity contribution in [2.45, 2.75) is 45.0 Å². The van der Waals surface area contributed by atoms with Gasteiger partial charge in [0.2, 0.25) is 0 Å². The van der Waals surface area contributed by atoms with Crippen molar-refractivity contribution in [1.82, 2.24) is 5.32 Å². The maximum absolute atomic E-state index is 12.7. The number of rotatable bonds is 4. The molecular weight excluding hydrogens is 255 g/mol. The first kappa shape index (κ1) is 14.6. The van der Waals surface area contributed by atoms with Gasteiger partial charge in [-0.1, -0.05) is 0 Å². The number of carboxylic acid groups (broad SMARTS) is 1. The standard InChI is InChI=1S/C10H14F3NO4/c1-9(2,10(11,12)13)6(7(15)16)14-8(17)18-5-3-4-5/h5-6H,3-4H2,1-2H3,(H,14,17)(H,15,16)/t6-/m1/s1. The average Bonchev–Trinajstić information content (AvgIpc) is 2.95. The number of halogens is 3. The molecule has 1 rings (SSSR count). The van der Waals surface area contributed by atoms with Gasteiger partial charge in [0.05, 0.1) is 5.41 Å². The van der Waals surface area contributed by atoms with E-state index in [0.717, 1.165) is 0 Å². The number of alkyl carbamates (subject to hydrolysis) is 1. The number of amides is 1. The lowest BCUT2D eigenvalue weighted by molar-refractivity contribution is -0.223. The summed E-state index contributed by atoms with van der Waals surface area (Å²) >= 11 is 0. The number of ether oxygens (including phenoxy) is 1. The second-order valence-electron chi connectivity index (χ2n) is 4.74. The third-order valence-electron chi connectivity index (χ3n) is 2.76. The fourth-order valence-electron chi connectivity index (χ4n) is 1.20. The van der Waals surface area contributed by atoms with E-state index in [1.54, 1.807) is 5.32 Å². The van der Waals surface area contributed by atoms with E-state index >= 15 is 0 Å². The molecule has 0 aliphatic heterocycles. The molecule has 104 valence electrons. The highest BCUT2D eigenvalue weighted by Crippen LogP contribution is 2.40. The molecule has 0 unspecified atom stereocenters. The second-order valence-corrected chi connectivity index (χ2v) is 4.74. The zero-order valence-corrected chi connectivity index (χ0v) is 9.87. The molecule has 8 heteroatoms. The minimum atomic E-state index is -4.76. The normalized spacial score (nSPS) is 18.1. The predicted octanol–water partition coefficient (Wildman–Crippen LogP) is 1.92. The molecule has 2 N–H and O–H groups in total. The van der Waals surface area contributed by atoms with E-state index in [4.69, 9.17) is 5.11 Å². The Balaban J connectivity index is 2.75. The number of hydrogen-bond acceptors (Lipinski definition) is 3. The zero-order chi connectivity index (χ0) is 14.1. The molecule has 1 saturated carbocycles. The van der Waals surface area contributed by atoms with Crippen molar-refractivity contribution in [3.05, 3.63) is 0 Å². The Hall–Kier alpha value is -1.47. The number of carbonyl (C=O) groups excluding carboxylic acids is 1. The smallest absolute Gasteiger partial charge is 0.408 e. The van der Waals surface area contributed by atoms with E-state index in [1.807, 2.05) is 0 Å². The number of carbonyl (C=O) groups is 2. The van der Waals surface area contributed by atoms with E-state index in [1.165, 1.54) is 0 Å². The number of alkyl halides is 3. The van der Waals surface area contributed by atoms with Crippen molar-refractivity contribution in [2.75, 3.05) is 0 Å². The fraction of sp³-hybridized carbons (Fsp3) is 0.800. The Morgan fingerprint density at radius 3 is 2.17 bits per heavy atom. The van der Waals surface area contributed by atoms with Crippen molar-refractivity contribution in [3.8, 4) is 0 Å². The van der Waals surface area contributed by atoms with E-state index in [0.29, 0.717) is 26.7 Å². The van der Waals surface area contributed by atoms with E-state index in [2.05, 4.69) is 4.74 Å². The summed E-state index contributed by atoms with van der Waals surface area (Å²) in [4.78, 5) is 22.1. The van der Waals surface area contributed by atoms with Gasteiger partial charge < -0.3 is 15.2 Å². The van der Waals surface area contributed by atoms with Crippen LogP contribution in [0.4, 0.5) is 18.0 Å². The van der Waals surface area contributed by atoms with Crippen LogP contribution in [-0.2, 0) is 9.53 Å². The lowest BCUT2D eigenvalue weighted by Gasteiger charge is -2.33. The quantitative estimate of drug-likeness (QED) is 0.817. The van der Waals surface area contributed by atoms with Gasteiger partial charge in [-0.25, -0.2) is 9.59 Å². The lowest BCUT2D eigenvalue weighted by atomic mass is 9.83. The molecule has 1 atom stereocenters. The van der Waals surface area contributed by atoms with Crippen LogP contribution in [0.3, 0.4) is 0 Å². The van der Waals surface area contributed by atoms with Crippen molar-refractivity contribution >= 4 is 12.1 Å². The van der Waals surface area contributed by atoms with Gasteiger partial charge >= 0.3 is 18.2 Å². The first-order valence-corrected chi connectivity index (χ1v) is 5.32. The highest BCUT2D eigenvalue weighted by Gasteiger charge is 2.56. The van der Waals surface area contributed by atoms with Gasteiger partial charge in [-0.15, -0.1) is 0 Å². The Bertz CT molecular complexity index is 350. The summed E-state index contributed by atoms with van der Waals surface area (Å²) in [5, 5.41) is 10.6. The van der Waals surface area contributed by atoms with Crippen molar-refractivity contribution in [2.24, 2.45) is 5.41 Å². The van der Waals surface area contributed by atoms with Crippen LogP contribution in [0, 0.1) is 5.41 Å². The Morgan fingerprint density at radius 2 is 1.83 bits per heavy atom. The Kier molecular flexibility index (Phi) is 3.78. The third-order valence-corrected chi connectivity index (χ3v) is 2.76. The average molecular weight is 269 g/mol. The van der Waals surface area contributed by atoms with Gasteiger partial charge in [-0.05, 0) is 26.7 Å². The van der Waals surface area contributed by atoms with Gasteiger partial charge in [0.15, 0.2) is 0 Å². The van der Waals surface area contributed by atoms with Crippen LogP contribution in [0.5, 0.6) is 0 Å². The maximum atomic E-state index is 12.7. The summed E-state index contributed by atoms with van der Waals surface area (Å²) in [6.07, 6.45) is -4.92. The van der Waals surface area contributed by atoms with Crippen LogP contribution in [0.2, 0.25) is 0 Å². The molecule has 1 fully saturated rings. The monoisotopic (exact) mass is 269 g/mol. The Morgan fingerprint density at radius 1 is 1.33 bits per heavy atom. The molecule has 0 heterocycles. The summed E-state index contributed by atoms with van der Waals surface area (Å²) < 4.78 is 42.8. The van der Waals surface area contributed by atoms with E-state index < -0.39 is 29.7 Å². The minimum absolute atomic E-state index is 0.312. The first-order chi connectivity index (χ1) is 8.05. The number of hydrogen-bond donors (Lipinski definition) is 2. The van der Waals surface area contributed by atoms with Crippen LogP contribution in [0.25, 0.3) is 0 Å². The molecule has 0 spiro atoms. The molecule has 0 aromatic heterocycles. The number of carboxylic acids is 1. The molecule has 18 heavy (non-hydrogen) atoms. The summed E-state index contributed by atoms with van der Waals surface area (Å²) in [5.41, 5.74) is -2.60. The lowest BCUT2D eigenvalue weighted by Crippen LogP contribution is -2.56. The van der Waals surface area contributed by atoms with Crippen LogP contribution >= 0.6 is 0 Å². The minimum Gasteiger partial charge on any atom is -0.480 e. The summed E-state index contributed by atoms with van der Waals surface area (Å²) in [6, 6.07) is -2.09. The third kappa shape index (κ3) is 3.27. The van der Waals surface area contributed by atoms with Gasteiger partial charge in [0.25, 0.3) is 0 Å². The Labute approximate surface area is 101 Å². The van der Waals surface area contributed by atoms with E-state index in [-0.39, 0.29) is 6.10 Å². The van der Waals surface area contributed by atoms with Gasteiger partial charge in [0, 0.05) is 0 Å². The van der Waals surface area contributed by atoms with Crippen LogP contribution in [0.1, 0.15) is 26.7 Å². The van der Waals surface area contributed by atoms with Crippen LogP contribution in [-0.4, -0.2) is 35.5 Å². The summed E-state index contributed by atoms with van der Waals surface area (Å²) in [7, 11) is 0. The molecule has 0 radical (unpaired) electrons. The molecule has 1 aliphatic carbocycles. The van der Waals surface area contributed by atoms with E-state index in [9.17, 15) is 22.8 Å². The van der Waals surface area contributed by atoms with Gasteiger partial charge in [-0.3, -0.25) is 0 Å². The molecule has 5 nitrogen and oxygen atoms in total.